The second-order valence-corrected chi connectivity index (χ2v) is 7.59. The lowest BCUT2D eigenvalue weighted by atomic mass is 9.99. The third-order valence-electron chi connectivity index (χ3n) is 3.67. The van der Waals surface area contributed by atoms with Crippen LogP contribution in [-0.2, 0) is 14.8 Å². The summed E-state index contributed by atoms with van der Waals surface area (Å²) in [6.07, 6.45) is 3.01. The van der Waals surface area contributed by atoms with Gasteiger partial charge in [0.25, 0.3) is 0 Å². The van der Waals surface area contributed by atoms with E-state index in [-0.39, 0.29) is 11.6 Å². The Morgan fingerprint density at radius 3 is 2.87 bits per heavy atom. The van der Waals surface area contributed by atoms with Crippen LogP contribution in [0.15, 0.2) is 6.07 Å². The van der Waals surface area contributed by atoms with Gasteiger partial charge in [0.2, 0.25) is 16.0 Å². The summed E-state index contributed by atoms with van der Waals surface area (Å²) >= 11 is 0. The second kappa shape index (κ2) is 7.22. The zero-order chi connectivity index (χ0) is 17.0. The number of hydrogen-bond acceptors (Lipinski definition) is 7. The zero-order valence-electron chi connectivity index (χ0n) is 13.6. The molecule has 0 amide bonds. The van der Waals surface area contributed by atoms with E-state index in [2.05, 4.69) is 14.7 Å². The van der Waals surface area contributed by atoms with Crippen LogP contribution in [-0.4, -0.2) is 57.4 Å². The first-order valence-electron chi connectivity index (χ1n) is 7.42. The molecule has 0 aliphatic carbocycles. The first-order valence-corrected chi connectivity index (χ1v) is 9.31. The molecule has 128 valence electrons. The molecule has 1 fully saturated rings. The number of esters is 1. The molecule has 1 saturated heterocycles. The SMILES string of the molecule is COC(=O)c1cc(C)nc(N2CCCC(CNS(C)(=O)=O)C2)n1. The Morgan fingerprint density at radius 1 is 1.48 bits per heavy atom. The van der Waals surface area contributed by atoms with Crippen molar-refractivity contribution in [2.45, 2.75) is 19.8 Å². The summed E-state index contributed by atoms with van der Waals surface area (Å²) in [5.74, 6) is 0.169. The zero-order valence-corrected chi connectivity index (χ0v) is 14.4. The molecule has 2 heterocycles. The quantitative estimate of drug-likeness (QED) is 0.770. The first kappa shape index (κ1) is 17.6. The van der Waals surface area contributed by atoms with E-state index < -0.39 is 16.0 Å². The molecule has 2 rings (SSSR count). The van der Waals surface area contributed by atoms with E-state index in [4.69, 9.17) is 4.74 Å². The normalized spacial score (nSPS) is 18.7. The molecule has 8 nitrogen and oxygen atoms in total. The van der Waals surface area contributed by atoms with Crippen LogP contribution in [0, 0.1) is 12.8 Å². The highest BCUT2D eigenvalue weighted by Gasteiger charge is 2.23. The summed E-state index contributed by atoms with van der Waals surface area (Å²) in [6, 6.07) is 1.59. The minimum atomic E-state index is -3.19. The van der Waals surface area contributed by atoms with Crippen LogP contribution in [0.2, 0.25) is 0 Å². The third-order valence-corrected chi connectivity index (χ3v) is 4.36. The highest BCUT2D eigenvalue weighted by molar-refractivity contribution is 7.88. The van der Waals surface area contributed by atoms with Gasteiger partial charge < -0.3 is 9.64 Å². The Kier molecular flexibility index (Phi) is 5.53. The summed E-state index contributed by atoms with van der Waals surface area (Å²) in [5.41, 5.74) is 0.915. The van der Waals surface area contributed by atoms with Crippen molar-refractivity contribution in [1.82, 2.24) is 14.7 Å². The number of carbonyl (C=O) groups excluding carboxylic acids is 1. The highest BCUT2D eigenvalue weighted by Crippen LogP contribution is 2.21. The van der Waals surface area contributed by atoms with Gasteiger partial charge in [-0.15, -0.1) is 0 Å². The predicted molar refractivity (Wildman–Crippen MR) is 85.9 cm³/mol. The molecule has 0 bridgehead atoms. The number of aromatic nitrogens is 2. The van der Waals surface area contributed by atoms with E-state index >= 15 is 0 Å². The third kappa shape index (κ3) is 5.14. The van der Waals surface area contributed by atoms with E-state index in [9.17, 15) is 13.2 Å². The van der Waals surface area contributed by atoms with Crippen molar-refractivity contribution in [2.75, 3.05) is 37.9 Å². The summed E-state index contributed by atoms with van der Waals surface area (Å²) in [4.78, 5) is 22.3. The van der Waals surface area contributed by atoms with Gasteiger partial charge in [-0.1, -0.05) is 0 Å². The summed E-state index contributed by atoms with van der Waals surface area (Å²) < 4.78 is 29.7. The minimum Gasteiger partial charge on any atom is -0.464 e. The lowest BCUT2D eigenvalue weighted by molar-refractivity contribution is 0.0593. The van der Waals surface area contributed by atoms with Crippen molar-refractivity contribution in [3.05, 3.63) is 17.5 Å². The van der Waals surface area contributed by atoms with Gasteiger partial charge in [0, 0.05) is 25.3 Å². The lowest BCUT2D eigenvalue weighted by Gasteiger charge is -2.33. The van der Waals surface area contributed by atoms with Crippen LogP contribution in [0.5, 0.6) is 0 Å². The van der Waals surface area contributed by atoms with Gasteiger partial charge in [0.15, 0.2) is 5.69 Å². The van der Waals surface area contributed by atoms with Crippen molar-refractivity contribution in [1.29, 1.82) is 0 Å². The Morgan fingerprint density at radius 2 is 2.22 bits per heavy atom. The topological polar surface area (TPSA) is 101 Å². The number of anilines is 1. The molecule has 0 radical (unpaired) electrons. The number of carbonyl (C=O) groups is 1. The van der Waals surface area contributed by atoms with Crippen LogP contribution in [0.25, 0.3) is 0 Å². The maximum absolute atomic E-state index is 11.7. The molecule has 0 spiro atoms. The fourth-order valence-electron chi connectivity index (χ4n) is 2.59. The number of piperidine rings is 1. The number of aryl methyl sites for hydroxylation is 1. The van der Waals surface area contributed by atoms with Crippen LogP contribution in [0.1, 0.15) is 29.0 Å². The van der Waals surface area contributed by atoms with Gasteiger partial charge in [-0.2, -0.15) is 0 Å². The molecule has 9 heteroatoms. The monoisotopic (exact) mass is 342 g/mol. The average Bonchev–Trinajstić information content (AvgIpc) is 2.51. The molecule has 1 N–H and O–H groups in total. The van der Waals surface area contributed by atoms with Gasteiger partial charge in [0.05, 0.1) is 13.4 Å². The summed E-state index contributed by atoms with van der Waals surface area (Å²) in [7, 11) is -1.88. The standard InChI is InChI=1S/C14H22N4O4S/c1-10-7-12(13(19)22-2)17-14(16-10)18-6-4-5-11(9-18)8-15-23(3,20)21/h7,11,15H,4-6,8-9H2,1-3H3. The highest BCUT2D eigenvalue weighted by atomic mass is 32.2. The molecule has 1 unspecified atom stereocenters. The molecular formula is C14H22N4O4S. The number of hydrogen-bond donors (Lipinski definition) is 1. The van der Waals surface area contributed by atoms with E-state index in [1.807, 2.05) is 4.90 Å². The van der Waals surface area contributed by atoms with Crippen molar-refractivity contribution in [2.24, 2.45) is 5.92 Å². The molecule has 1 aromatic heterocycles. The van der Waals surface area contributed by atoms with Crippen LogP contribution in [0.4, 0.5) is 5.95 Å². The number of methoxy groups -OCH3 is 1. The van der Waals surface area contributed by atoms with E-state index in [0.717, 1.165) is 25.6 Å². The summed E-state index contributed by atoms with van der Waals surface area (Å²) in [5, 5.41) is 0. The predicted octanol–water partition coefficient (Wildman–Crippen LogP) is 0.337. The smallest absolute Gasteiger partial charge is 0.356 e. The van der Waals surface area contributed by atoms with Gasteiger partial charge >= 0.3 is 5.97 Å². The van der Waals surface area contributed by atoms with Crippen LogP contribution >= 0.6 is 0 Å². The Hall–Kier alpha value is -1.74. The molecule has 1 atom stereocenters. The first-order chi connectivity index (χ1) is 10.8. The number of nitrogens with one attached hydrogen (secondary N) is 1. The maximum atomic E-state index is 11.7. The molecule has 1 aliphatic heterocycles. The Balaban J connectivity index is 2.11. The molecule has 1 aliphatic rings. The maximum Gasteiger partial charge on any atom is 0.356 e. The average molecular weight is 342 g/mol. The Labute approximate surface area is 136 Å². The molecule has 23 heavy (non-hydrogen) atoms. The Bertz CT molecular complexity index is 677. The van der Waals surface area contributed by atoms with Crippen molar-refractivity contribution in [3.63, 3.8) is 0 Å². The van der Waals surface area contributed by atoms with Crippen LogP contribution in [0.3, 0.4) is 0 Å². The van der Waals surface area contributed by atoms with Crippen molar-refractivity contribution >= 4 is 21.9 Å². The lowest BCUT2D eigenvalue weighted by Crippen LogP contribution is -2.41. The van der Waals surface area contributed by atoms with Gasteiger partial charge in [0.1, 0.15) is 0 Å². The van der Waals surface area contributed by atoms with Crippen molar-refractivity contribution < 1.29 is 17.9 Å². The number of nitrogens with zero attached hydrogens (tertiary/aromatic N) is 3. The molecule has 0 aromatic carbocycles. The number of rotatable bonds is 5. The van der Waals surface area contributed by atoms with E-state index in [1.54, 1.807) is 13.0 Å². The van der Waals surface area contributed by atoms with Gasteiger partial charge in [-0.25, -0.2) is 27.9 Å². The molecular weight excluding hydrogens is 320 g/mol. The number of sulfonamides is 1. The second-order valence-electron chi connectivity index (χ2n) is 5.76. The van der Waals surface area contributed by atoms with Gasteiger partial charge in [-0.3, -0.25) is 0 Å². The summed E-state index contributed by atoms with van der Waals surface area (Å²) in [6.45, 7) is 3.61. The molecule has 0 saturated carbocycles. The van der Waals surface area contributed by atoms with E-state index in [0.29, 0.717) is 24.7 Å². The van der Waals surface area contributed by atoms with E-state index in [1.165, 1.54) is 7.11 Å². The fraction of sp³-hybridized carbons (Fsp3) is 0.643. The molecule has 1 aromatic rings. The fourth-order valence-corrected chi connectivity index (χ4v) is 3.12. The van der Waals surface area contributed by atoms with Crippen LogP contribution < -0.4 is 9.62 Å². The largest absolute Gasteiger partial charge is 0.464 e. The minimum absolute atomic E-state index is 0.184. The number of ether oxygens (including phenoxy) is 1. The van der Waals surface area contributed by atoms with Crippen molar-refractivity contribution in [3.8, 4) is 0 Å². The van der Waals surface area contributed by atoms with Gasteiger partial charge in [-0.05, 0) is 31.7 Å².